The SMILES string of the molecule is O=C(CC1(Cn2cccc2)CCCCC1)NCCc1nnc2ccccn12. The summed E-state index contributed by atoms with van der Waals surface area (Å²) in [5, 5.41) is 11.5. The van der Waals surface area contributed by atoms with Crippen molar-refractivity contribution < 1.29 is 4.79 Å². The topological polar surface area (TPSA) is 64.2 Å². The summed E-state index contributed by atoms with van der Waals surface area (Å²) in [4.78, 5) is 12.7. The second-order valence-corrected chi connectivity index (χ2v) is 7.74. The van der Waals surface area contributed by atoms with Gasteiger partial charge in [0, 0.05) is 44.5 Å². The molecule has 0 aliphatic heterocycles. The molecule has 1 N–H and O–H groups in total. The second kappa shape index (κ2) is 7.94. The number of nitrogens with one attached hydrogen (secondary N) is 1. The van der Waals surface area contributed by atoms with Crippen molar-refractivity contribution in [3.8, 4) is 0 Å². The van der Waals surface area contributed by atoms with Gasteiger partial charge in [0.25, 0.3) is 0 Å². The predicted molar refractivity (Wildman–Crippen MR) is 104 cm³/mol. The van der Waals surface area contributed by atoms with E-state index in [0.717, 1.165) is 30.9 Å². The van der Waals surface area contributed by atoms with Gasteiger partial charge >= 0.3 is 0 Å². The zero-order valence-electron chi connectivity index (χ0n) is 15.7. The lowest BCUT2D eigenvalue weighted by atomic mass is 9.71. The normalized spacial score (nSPS) is 16.4. The second-order valence-electron chi connectivity index (χ2n) is 7.74. The minimum absolute atomic E-state index is 0.0862. The van der Waals surface area contributed by atoms with Crippen molar-refractivity contribution >= 4 is 11.6 Å². The van der Waals surface area contributed by atoms with Crippen LogP contribution >= 0.6 is 0 Å². The minimum Gasteiger partial charge on any atom is -0.356 e. The molecule has 0 radical (unpaired) electrons. The number of nitrogens with zero attached hydrogens (tertiary/aromatic N) is 4. The maximum atomic E-state index is 12.7. The first-order valence-corrected chi connectivity index (χ1v) is 9.90. The summed E-state index contributed by atoms with van der Waals surface area (Å²) in [6.07, 6.45) is 13.4. The molecule has 0 atom stereocenters. The Morgan fingerprint density at radius 1 is 1.04 bits per heavy atom. The third-order valence-corrected chi connectivity index (χ3v) is 5.69. The Morgan fingerprint density at radius 3 is 2.63 bits per heavy atom. The van der Waals surface area contributed by atoms with E-state index in [1.54, 1.807) is 0 Å². The van der Waals surface area contributed by atoms with Gasteiger partial charge in [-0.15, -0.1) is 10.2 Å². The highest BCUT2D eigenvalue weighted by molar-refractivity contribution is 5.76. The Kier molecular flexibility index (Phi) is 5.23. The van der Waals surface area contributed by atoms with E-state index < -0.39 is 0 Å². The summed E-state index contributed by atoms with van der Waals surface area (Å²) >= 11 is 0. The molecule has 1 saturated carbocycles. The van der Waals surface area contributed by atoms with Crippen molar-refractivity contribution in [3.63, 3.8) is 0 Å². The molecule has 6 heteroatoms. The van der Waals surface area contributed by atoms with E-state index in [1.165, 1.54) is 19.3 Å². The van der Waals surface area contributed by atoms with Gasteiger partial charge in [0.15, 0.2) is 5.65 Å². The molecule has 1 amide bonds. The highest BCUT2D eigenvalue weighted by Gasteiger charge is 2.34. The van der Waals surface area contributed by atoms with Gasteiger partial charge in [-0.1, -0.05) is 25.3 Å². The highest BCUT2D eigenvalue weighted by atomic mass is 16.1. The average molecular weight is 365 g/mol. The van der Waals surface area contributed by atoms with Crippen LogP contribution in [0.3, 0.4) is 0 Å². The average Bonchev–Trinajstić information content (AvgIpc) is 3.32. The van der Waals surface area contributed by atoms with Crippen LogP contribution in [-0.4, -0.2) is 31.6 Å². The number of amides is 1. The van der Waals surface area contributed by atoms with Crippen molar-refractivity contribution in [3.05, 3.63) is 54.7 Å². The largest absolute Gasteiger partial charge is 0.356 e. The lowest BCUT2D eigenvalue weighted by Gasteiger charge is -2.37. The molecule has 3 aromatic rings. The number of carbonyl (C=O) groups is 1. The molecular formula is C21H27N5O. The zero-order valence-corrected chi connectivity index (χ0v) is 15.7. The van der Waals surface area contributed by atoms with Crippen LogP contribution in [0, 0.1) is 5.41 Å². The number of carbonyl (C=O) groups excluding carboxylic acids is 1. The number of rotatable bonds is 7. The van der Waals surface area contributed by atoms with Crippen molar-refractivity contribution in [1.82, 2.24) is 24.5 Å². The Hall–Kier alpha value is -2.63. The van der Waals surface area contributed by atoms with Gasteiger partial charge < -0.3 is 9.88 Å². The summed E-state index contributed by atoms with van der Waals surface area (Å²) in [5.74, 6) is 1.03. The summed E-state index contributed by atoms with van der Waals surface area (Å²) in [6, 6.07) is 9.96. The molecule has 1 aliphatic rings. The van der Waals surface area contributed by atoms with E-state index >= 15 is 0 Å². The van der Waals surface area contributed by atoms with Crippen LogP contribution < -0.4 is 5.32 Å². The van der Waals surface area contributed by atoms with Gasteiger partial charge in [-0.05, 0) is 42.5 Å². The van der Waals surface area contributed by atoms with Gasteiger partial charge in [0.1, 0.15) is 5.82 Å². The number of aromatic nitrogens is 4. The monoisotopic (exact) mass is 365 g/mol. The van der Waals surface area contributed by atoms with Gasteiger partial charge in [0.05, 0.1) is 0 Å². The first kappa shape index (κ1) is 17.8. The van der Waals surface area contributed by atoms with Crippen molar-refractivity contribution in [2.75, 3.05) is 6.54 Å². The van der Waals surface area contributed by atoms with E-state index in [-0.39, 0.29) is 11.3 Å². The van der Waals surface area contributed by atoms with Crippen LogP contribution in [0.5, 0.6) is 0 Å². The fourth-order valence-electron chi connectivity index (χ4n) is 4.33. The van der Waals surface area contributed by atoms with Crippen LogP contribution in [-0.2, 0) is 17.8 Å². The van der Waals surface area contributed by atoms with Crippen molar-refractivity contribution in [2.45, 2.75) is 51.5 Å². The molecule has 0 bridgehead atoms. The Morgan fingerprint density at radius 2 is 1.81 bits per heavy atom. The molecule has 0 unspecified atom stereocenters. The molecule has 3 heterocycles. The van der Waals surface area contributed by atoms with Gasteiger partial charge in [-0.2, -0.15) is 0 Å². The maximum Gasteiger partial charge on any atom is 0.220 e. The number of pyridine rings is 1. The van der Waals surface area contributed by atoms with E-state index in [9.17, 15) is 4.79 Å². The maximum absolute atomic E-state index is 12.7. The quantitative estimate of drug-likeness (QED) is 0.699. The molecular weight excluding hydrogens is 338 g/mol. The summed E-state index contributed by atoms with van der Waals surface area (Å²) in [6.45, 7) is 1.52. The van der Waals surface area contributed by atoms with Crippen molar-refractivity contribution in [1.29, 1.82) is 0 Å². The number of fused-ring (bicyclic) bond motifs is 1. The molecule has 3 aromatic heterocycles. The van der Waals surface area contributed by atoms with E-state index in [2.05, 4.69) is 44.6 Å². The Labute approximate surface area is 159 Å². The van der Waals surface area contributed by atoms with Crippen LogP contribution in [0.1, 0.15) is 44.3 Å². The van der Waals surface area contributed by atoms with Gasteiger partial charge in [-0.25, -0.2) is 0 Å². The van der Waals surface area contributed by atoms with Gasteiger partial charge in [0.2, 0.25) is 5.91 Å². The molecule has 0 spiro atoms. The standard InChI is InChI=1S/C21H27N5O/c27-20(22-12-9-19-24-23-18-8-2-5-15-26(18)19)16-21(10-3-1-4-11-21)17-25-13-6-7-14-25/h2,5-8,13-15H,1,3-4,9-12,16-17H2,(H,22,27). The zero-order chi connectivity index (χ0) is 18.5. The van der Waals surface area contributed by atoms with Crippen LogP contribution in [0.25, 0.3) is 5.65 Å². The van der Waals surface area contributed by atoms with Gasteiger partial charge in [-0.3, -0.25) is 9.20 Å². The molecule has 0 aromatic carbocycles. The Balaban J connectivity index is 1.34. The molecule has 142 valence electrons. The molecule has 1 aliphatic carbocycles. The molecule has 6 nitrogen and oxygen atoms in total. The van der Waals surface area contributed by atoms with Crippen LogP contribution in [0.2, 0.25) is 0 Å². The first-order chi connectivity index (χ1) is 13.2. The molecule has 1 fully saturated rings. The lowest BCUT2D eigenvalue weighted by molar-refractivity contribution is -0.124. The minimum atomic E-state index is 0.0862. The summed E-state index contributed by atoms with van der Waals surface area (Å²) in [7, 11) is 0. The fraction of sp³-hybridized carbons (Fsp3) is 0.476. The number of hydrogen-bond acceptors (Lipinski definition) is 3. The molecule has 4 rings (SSSR count). The third-order valence-electron chi connectivity index (χ3n) is 5.69. The lowest BCUT2D eigenvalue weighted by Crippen LogP contribution is -2.37. The predicted octanol–water partition coefficient (Wildman–Crippen LogP) is 3.23. The fourth-order valence-corrected chi connectivity index (χ4v) is 4.33. The van der Waals surface area contributed by atoms with Crippen molar-refractivity contribution in [2.24, 2.45) is 5.41 Å². The first-order valence-electron chi connectivity index (χ1n) is 9.90. The summed E-state index contributed by atoms with van der Waals surface area (Å²) in [5.41, 5.74) is 0.926. The van der Waals surface area contributed by atoms with E-state index in [0.29, 0.717) is 19.4 Å². The summed E-state index contributed by atoms with van der Waals surface area (Å²) < 4.78 is 4.20. The number of hydrogen-bond donors (Lipinski definition) is 1. The molecule has 0 saturated heterocycles. The van der Waals surface area contributed by atoms with E-state index in [4.69, 9.17) is 0 Å². The third kappa shape index (κ3) is 4.21. The molecule has 27 heavy (non-hydrogen) atoms. The Bertz CT molecular complexity index is 877. The smallest absolute Gasteiger partial charge is 0.220 e. The highest BCUT2D eigenvalue weighted by Crippen LogP contribution is 2.40. The van der Waals surface area contributed by atoms with Crippen LogP contribution in [0.15, 0.2) is 48.9 Å². The van der Waals surface area contributed by atoms with Crippen LogP contribution in [0.4, 0.5) is 0 Å². The van der Waals surface area contributed by atoms with E-state index in [1.807, 2.05) is 28.8 Å².